The van der Waals surface area contributed by atoms with Gasteiger partial charge in [0.15, 0.2) is 0 Å². The number of hydrogen-bond acceptors (Lipinski definition) is 5. The van der Waals surface area contributed by atoms with E-state index in [1.54, 1.807) is 38.2 Å². The van der Waals surface area contributed by atoms with Gasteiger partial charge in [-0.05, 0) is 44.5 Å². The predicted octanol–water partition coefficient (Wildman–Crippen LogP) is 3.97. The van der Waals surface area contributed by atoms with Gasteiger partial charge in [0, 0.05) is 26.7 Å². The number of fused-ring (bicyclic) bond motifs is 3. The summed E-state index contributed by atoms with van der Waals surface area (Å²) in [5.41, 5.74) is -0.00172. The Kier molecular flexibility index (Phi) is 5.18. The van der Waals surface area contributed by atoms with Crippen molar-refractivity contribution in [3.63, 3.8) is 0 Å². The predicted molar refractivity (Wildman–Crippen MR) is 105 cm³/mol. The zero-order chi connectivity index (χ0) is 18.9. The van der Waals surface area contributed by atoms with Crippen molar-refractivity contribution in [3.8, 4) is 0 Å². The van der Waals surface area contributed by atoms with Crippen molar-refractivity contribution in [1.29, 1.82) is 0 Å². The van der Waals surface area contributed by atoms with Crippen LogP contribution in [0, 0.1) is 0 Å². The Bertz CT molecular complexity index is 928. The molecule has 0 bridgehead atoms. The molecule has 2 unspecified atom stereocenters. The van der Waals surface area contributed by atoms with Gasteiger partial charge in [0.1, 0.15) is 17.8 Å². The summed E-state index contributed by atoms with van der Waals surface area (Å²) >= 11 is 1.69. The van der Waals surface area contributed by atoms with Gasteiger partial charge in [-0.3, -0.25) is 0 Å². The number of nitrogens with one attached hydrogen (secondary N) is 1. The van der Waals surface area contributed by atoms with E-state index in [0.29, 0.717) is 5.56 Å². The molecule has 5 nitrogen and oxygen atoms in total. The number of benzene rings is 2. The molecule has 3 aromatic rings. The molecule has 138 valence electrons. The van der Waals surface area contributed by atoms with Gasteiger partial charge in [-0.15, -0.1) is 11.3 Å². The van der Waals surface area contributed by atoms with Crippen molar-refractivity contribution in [3.05, 3.63) is 48.0 Å². The van der Waals surface area contributed by atoms with Crippen LogP contribution in [0.1, 0.15) is 32.4 Å². The van der Waals surface area contributed by atoms with Crippen LogP contribution in [0.5, 0.6) is 0 Å². The van der Waals surface area contributed by atoms with Crippen LogP contribution >= 0.6 is 11.3 Å². The first kappa shape index (κ1) is 18.6. The molecule has 0 aliphatic rings. The van der Waals surface area contributed by atoms with Crippen molar-refractivity contribution >= 4 is 37.6 Å². The van der Waals surface area contributed by atoms with Gasteiger partial charge in [0.2, 0.25) is 0 Å². The van der Waals surface area contributed by atoms with Crippen molar-refractivity contribution in [2.45, 2.75) is 38.6 Å². The first-order valence-corrected chi connectivity index (χ1v) is 9.30. The van der Waals surface area contributed by atoms with Crippen LogP contribution in [0.25, 0.3) is 20.2 Å². The van der Waals surface area contributed by atoms with Gasteiger partial charge >= 0.3 is 6.09 Å². The van der Waals surface area contributed by atoms with E-state index in [-0.39, 0.29) is 6.54 Å². The molecule has 2 atom stereocenters. The van der Waals surface area contributed by atoms with E-state index in [9.17, 15) is 15.0 Å². The normalized spacial score (nSPS) is 14.3. The van der Waals surface area contributed by atoms with E-state index in [1.807, 2.05) is 30.3 Å². The Morgan fingerprint density at radius 2 is 1.81 bits per heavy atom. The lowest BCUT2D eigenvalue weighted by atomic mass is 10.0. The highest BCUT2D eigenvalue weighted by atomic mass is 32.1. The number of rotatable bonds is 4. The third-order valence-electron chi connectivity index (χ3n) is 3.96. The molecule has 3 N–H and O–H groups in total. The van der Waals surface area contributed by atoms with Crippen LogP contribution in [-0.4, -0.2) is 34.6 Å². The van der Waals surface area contributed by atoms with E-state index < -0.39 is 23.9 Å². The molecular formula is C20H23NO4S. The number of carbonyl (C=O) groups is 1. The van der Waals surface area contributed by atoms with E-state index in [2.05, 4.69) is 11.4 Å². The Morgan fingerprint density at radius 1 is 1.12 bits per heavy atom. The number of hydrogen-bond donors (Lipinski definition) is 3. The topological polar surface area (TPSA) is 78.8 Å². The number of amides is 1. The summed E-state index contributed by atoms with van der Waals surface area (Å²) in [6, 6.07) is 13.7. The maximum absolute atomic E-state index is 11.7. The van der Waals surface area contributed by atoms with Crippen molar-refractivity contribution in [2.75, 3.05) is 6.54 Å². The molecule has 0 saturated heterocycles. The first-order chi connectivity index (χ1) is 12.2. The fraction of sp³-hybridized carbons (Fsp3) is 0.350. The number of aliphatic hydroxyl groups is 2. The van der Waals surface area contributed by atoms with E-state index >= 15 is 0 Å². The number of aliphatic hydroxyl groups excluding tert-OH is 2. The molecule has 1 amide bonds. The van der Waals surface area contributed by atoms with E-state index in [1.165, 1.54) is 4.70 Å². The summed E-state index contributed by atoms with van der Waals surface area (Å²) < 4.78 is 7.44. The zero-order valence-electron chi connectivity index (χ0n) is 15.0. The van der Waals surface area contributed by atoms with Crippen molar-refractivity contribution in [2.24, 2.45) is 0 Å². The van der Waals surface area contributed by atoms with Crippen LogP contribution in [0.3, 0.4) is 0 Å². The molecule has 6 heteroatoms. The standard InChI is InChI=1S/C20H23NO4S/c1-20(2,3)25-19(24)21-11-15(22)18(23)12-8-9-17-14(10-12)13-6-4-5-7-16(13)26-17/h4-10,15,18,22-23H,11H2,1-3H3,(H,21,24). The van der Waals surface area contributed by atoms with Gasteiger partial charge in [-0.25, -0.2) is 4.79 Å². The highest BCUT2D eigenvalue weighted by Crippen LogP contribution is 2.35. The van der Waals surface area contributed by atoms with Crippen LogP contribution < -0.4 is 5.32 Å². The van der Waals surface area contributed by atoms with Crippen molar-refractivity contribution in [1.82, 2.24) is 5.32 Å². The quantitative estimate of drug-likeness (QED) is 0.646. The summed E-state index contributed by atoms with van der Waals surface area (Å²) in [4.78, 5) is 11.7. The molecule has 1 heterocycles. The Hall–Kier alpha value is -2.15. The van der Waals surface area contributed by atoms with Crippen LogP contribution in [0.4, 0.5) is 4.79 Å². The van der Waals surface area contributed by atoms with Crippen LogP contribution in [-0.2, 0) is 4.74 Å². The lowest BCUT2D eigenvalue weighted by Crippen LogP contribution is -2.38. The zero-order valence-corrected chi connectivity index (χ0v) is 15.8. The van der Waals surface area contributed by atoms with Gasteiger partial charge in [0.05, 0.1) is 0 Å². The summed E-state index contributed by atoms with van der Waals surface area (Å²) in [5, 5.41) is 25.4. The Morgan fingerprint density at radius 3 is 2.54 bits per heavy atom. The van der Waals surface area contributed by atoms with Crippen LogP contribution in [0.15, 0.2) is 42.5 Å². The molecule has 0 aliphatic heterocycles. The fourth-order valence-corrected chi connectivity index (χ4v) is 3.85. The third kappa shape index (κ3) is 4.15. The third-order valence-corrected chi connectivity index (χ3v) is 5.11. The molecule has 0 radical (unpaired) electrons. The number of carbonyl (C=O) groups excluding carboxylic acids is 1. The molecular weight excluding hydrogens is 350 g/mol. The second-order valence-corrected chi connectivity index (χ2v) is 8.33. The maximum atomic E-state index is 11.7. The smallest absolute Gasteiger partial charge is 0.407 e. The number of thiophene rings is 1. The number of ether oxygens (including phenoxy) is 1. The van der Waals surface area contributed by atoms with E-state index in [0.717, 1.165) is 15.5 Å². The summed E-state index contributed by atoms with van der Waals surface area (Å²) in [6.45, 7) is 5.19. The Labute approximate surface area is 156 Å². The SMILES string of the molecule is CC(C)(C)OC(=O)NCC(O)C(O)c1ccc2sc3ccccc3c2c1. The van der Waals surface area contributed by atoms with E-state index in [4.69, 9.17) is 4.74 Å². The maximum Gasteiger partial charge on any atom is 0.407 e. The van der Waals surface area contributed by atoms with Gasteiger partial charge < -0.3 is 20.3 Å². The minimum atomic E-state index is -1.13. The van der Waals surface area contributed by atoms with Crippen molar-refractivity contribution < 1.29 is 19.7 Å². The molecule has 0 fully saturated rings. The second-order valence-electron chi connectivity index (χ2n) is 7.25. The van der Waals surface area contributed by atoms with Gasteiger partial charge in [-0.1, -0.05) is 24.3 Å². The average Bonchev–Trinajstić information content (AvgIpc) is 2.95. The molecule has 1 aromatic heterocycles. The highest BCUT2D eigenvalue weighted by molar-refractivity contribution is 7.25. The van der Waals surface area contributed by atoms with Gasteiger partial charge in [0.25, 0.3) is 0 Å². The average molecular weight is 373 g/mol. The monoisotopic (exact) mass is 373 g/mol. The molecule has 0 aliphatic carbocycles. The lowest BCUT2D eigenvalue weighted by Gasteiger charge is -2.22. The lowest BCUT2D eigenvalue weighted by molar-refractivity contribution is 0.0130. The molecule has 3 rings (SSSR count). The minimum Gasteiger partial charge on any atom is -0.444 e. The highest BCUT2D eigenvalue weighted by Gasteiger charge is 2.22. The number of alkyl carbamates (subject to hydrolysis) is 1. The van der Waals surface area contributed by atoms with Crippen LogP contribution in [0.2, 0.25) is 0 Å². The largest absolute Gasteiger partial charge is 0.444 e. The minimum absolute atomic E-state index is 0.0987. The fourth-order valence-electron chi connectivity index (χ4n) is 2.76. The first-order valence-electron chi connectivity index (χ1n) is 8.49. The molecule has 0 spiro atoms. The Balaban J connectivity index is 1.73. The summed E-state index contributed by atoms with van der Waals surface area (Å²) in [6.07, 6.45) is -2.86. The second kappa shape index (κ2) is 7.23. The molecule has 26 heavy (non-hydrogen) atoms. The summed E-state index contributed by atoms with van der Waals surface area (Å²) in [5.74, 6) is 0. The summed E-state index contributed by atoms with van der Waals surface area (Å²) in [7, 11) is 0. The molecule has 0 saturated carbocycles. The molecule has 2 aromatic carbocycles. The van der Waals surface area contributed by atoms with Gasteiger partial charge in [-0.2, -0.15) is 0 Å².